The van der Waals surface area contributed by atoms with Crippen molar-refractivity contribution in [3.63, 3.8) is 0 Å². The van der Waals surface area contributed by atoms with E-state index in [1.54, 1.807) is 0 Å². The SMILES string of the molecule is C(=Cc1ccccc1)C1=NN(c2ccc3ccccc3n2)C(c2ccccc2)C1. The Bertz CT molecular complexity index is 1180. The molecule has 3 heteroatoms. The van der Waals surface area contributed by atoms with Crippen LogP contribution in [0, 0.1) is 0 Å². The Hall–Kier alpha value is -3.72. The molecule has 0 spiro atoms. The van der Waals surface area contributed by atoms with Crippen molar-refractivity contribution < 1.29 is 0 Å². The zero-order chi connectivity index (χ0) is 19.5. The summed E-state index contributed by atoms with van der Waals surface area (Å²) in [7, 11) is 0. The van der Waals surface area contributed by atoms with E-state index in [2.05, 4.69) is 71.8 Å². The molecule has 0 radical (unpaired) electrons. The first-order valence-electron chi connectivity index (χ1n) is 9.87. The Morgan fingerprint density at radius 1 is 0.724 bits per heavy atom. The lowest BCUT2D eigenvalue weighted by Crippen LogP contribution is -2.19. The first kappa shape index (κ1) is 17.4. The van der Waals surface area contributed by atoms with E-state index >= 15 is 0 Å². The highest BCUT2D eigenvalue weighted by Gasteiger charge is 2.29. The number of pyridine rings is 1. The molecule has 0 saturated carbocycles. The van der Waals surface area contributed by atoms with Gasteiger partial charge in [0.2, 0.25) is 0 Å². The van der Waals surface area contributed by atoms with Gasteiger partial charge in [0, 0.05) is 11.8 Å². The molecule has 140 valence electrons. The Morgan fingerprint density at radius 2 is 1.45 bits per heavy atom. The Balaban J connectivity index is 1.52. The fourth-order valence-corrected chi connectivity index (χ4v) is 3.72. The van der Waals surface area contributed by atoms with E-state index in [1.165, 1.54) is 11.1 Å². The van der Waals surface area contributed by atoms with Crippen LogP contribution in [0.2, 0.25) is 0 Å². The highest BCUT2D eigenvalue weighted by molar-refractivity contribution is 6.01. The third-order valence-corrected chi connectivity index (χ3v) is 5.20. The predicted octanol–water partition coefficient (Wildman–Crippen LogP) is 6.26. The van der Waals surface area contributed by atoms with Crippen molar-refractivity contribution >= 4 is 28.5 Å². The second kappa shape index (κ2) is 7.72. The lowest BCUT2D eigenvalue weighted by molar-refractivity contribution is 0.700. The van der Waals surface area contributed by atoms with Crippen LogP contribution in [0.4, 0.5) is 5.82 Å². The maximum atomic E-state index is 4.94. The van der Waals surface area contributed by atoms with Crippen LogP contribution in [-0.2, 0) is 0 Å². The molecule has 3 aromatic carbocycles. The van der Waals surface area contributed by atoms with E-state index in [4.69, 9.17) is 10.1 Å². The van der Waals surface area contributed by atoms with E-state index in [9.17, 15) is 0 Å². The monoisotopic (exact) mass is 375 g/mol. The van der Waals surface area contributed by atoms with Crippen molar-refractivity contribution in [2.24, 2.45) is 5.10 Å². The summed E-state index contributed by atoms with van der Waals surface area (Å²) < 4.78 is 0. The van der Waals surface area contributed by atoms with Crippen LogP contribution in [-0.4, -0.2) is 10.7 Å². The van der Waals surface area contributed by atoms with E-state index in [0.717, 1.165) is 28.9 Å². The van der Waals surface area contributed by atoms with Gasteiger partial charge >= 0.3 is 0 Å². The molecule has 0 amide bonds. The molecule has 1 atom stereocenters. The molecular formula is C26H21N3. The minimum absolute atomic E-state index is 0.139. The number of anilines is 1. The van der Waals surface area contributed by atoms with E-state index in [0.29, 0.717) is 0 Å². The minimum atomic E-state index is 0.139. The van der Waals surface area contributed by atoms with Gasteiger partial charge in [-0.25, -0.2) is 9.99 Å². The molecule has 3 nitrogen and oxygen atoms in total. The van der Waals surface area contributed by atoms with Gasteiger partial charge in [-0.3, -0.25) is 0 Å². The first-order chi connectivity index (χ1) is 14.4. The van der Waals surface area contributed by atoms with E-state index in [-0.39, 0.29) is 6.04 Å². The van der Waals surface area contributed by atoms with Crippen LogP contribution in [0.1, 0.15) is 23.6 Å². The van der Waals surface area contributed by atoms with E-state index < -0.39 is 0 Å². The molecule has 0 aliphatic carbocycles. The summed E-state index contributed by atoms with van der Waals surface area (Å²) in [6, 6.07) is 33.4. The van der Waals surface area contributed by atoms with Crippen LogP contribution >= 0.6 is 0 Å². The smallest absolute Gasteiger partial charge is 0.150 e. The lowest BCUT2D eigenvalue weighted by Gasteiger charge is -2.23. The number of benzene rings is 3. The largest absolute Gasteiger partial charge is 0.240 e. The number of hydrogen-bond donors (Lipinski definition) is 0. The molecule has 29 heavy (non-hydrogen) atoms. The Kier molecular flexibility index (Phi) is 4.63. The molecule has 1 aliphatic heterocycles. The van der Waals surface area contributed by atoms with Crippen molar-refractivity contribution in [2.45, 2.75) is 12.5 Å². The van der Waals surface area contributed by atoms with Gasteiger partial charge in [-0.05, 0) is 35.4 Å². The van der Waals surface area contributed by atoms with Crippen molar-refractivity contribution in [3.8, 4) is 0 Å². The molecule has 5 rings (SSSR count). The topological polar surface area (TPSA) is 28.5 Å². The number of nitrogens with zero attached hydrogens (tertiary/aromatic N) is 3. The molecular weight excluding hydrogens is 354 g/mol. The van der Waals surface area contributed by atoms with E-state index in [1.807, 2.05) is 42.5 Å². The van der Waals surface area contributed by atoms with Gasteiger partial charge in [0.25, 0.3) is 0 Å². The highest BCUT2D eigenvalue weighted by Crippen LogP contribution is 2.35. The van der Waals surface area contributed by atoms with Crippen LogP contribution in [0.5, 0.6) is 0 Å². The predicted molar refractivity (Wildman–Crippen MR) is 121 cm³/mol. The summed E-state index contributed by atoms with van der Waals surface area (Å²) in [5, 5.41) is 8.14. The Morgan fingerprint density at radius 3 is 2.28 bits per heavy atom. The summed E-state index contributed by atoms with van der Waals surface area (Å²) >= 11 is 0. The second-order valence-electron chi connectivity index (χ2n) is 7.17. The summed E-state index contributed by atoms with van der Waals surface area (Å²) in [6.07, 6.45) is 5.09. The lowest BCUT2D eigenvalue weighted by atomic mass is 10.0. The number of allylic oxidation sites excluding steroid dienone is 1. The van der Waals surface area contributed by atoms with Crippen LogP contribution in [0.15, 0.2) is 108 Å². The van der Waals surface area contributed by atoms with Crippen molar-refractivity contribution in [1.82, 2.24) is 4.98 Å². The highest BCUT2D eigenvalue weighted by atomic mass is 15.5. The fourth-order valence-electron chi connectivity index (χ4n) is 3.72. The number of hydrazone groups is 1. The molecule has 0 fully saturated rings. The molecule has 1 aliphatic rings. The number of fused-ring (bicyclic) bond motifs is 1. The van der Waals surface area contributed by atoms with Gasteiger partial charge in [0.15, 0.2) is 0 Å². The minimum Gasteiger partial charge on any atom is -0.240 e. The molecule has 0 N–H and O–H groups in total. The third-order valence-electron chi connectivity index (χ3n) is 5.20. The summed E-state index contributed by atoms with van der Waals surface area (Å²) in [5.41, 5.74) is 4.46. The third kappa shape index (κ3) is 3.67. The van der Waals surface area contributed by atoms with Crippen molar-refractivity contribution in [2.75, 3.05) is 5.01 Å². The number of para-hydroxylation sites is 1. The maximum Gasteiger partial charge on any atom is 0.150 e. The molecule has 1 aromatic heterocycles. The molecule has 2 heterocycles. The molecule has 1 unspecified atom stereocenters. The zero-order valence-corrected chi connectivity index (χ0v) is 16.0. The van der Waals surface area contributed by atoms with Gasteiger partial charge in [-0.2, -0.15) is 5.10 Å². The van der Waals surface area contributed by atoms with Gasteiger partial charge in [-0.15, -0.1) is 0 Å². The van der Waals surface area contributed by atoms with Gasteiger partial charge in [0.1, 0.15) is 5.82 Å². The molecule has 0 bridgehead atoms. The Labute approximate surface area is 170 Å². The average molecular weight is 375 g/mol. The van der Waals surface area contributed by atoms with Gasteiger partial charge < -0.3 is 0 Å². The molecule has 0 saturated heterocycles. The van der Waals surface area contributed by atoms with Crippen LogP contribution in [0.25, 0.3) is 17.0 Å². The maximum absolute atomic E-state index is 4.94. The van der Waals surface area contributed by atoms with Gasteiger partial charge in [0.05, 0.1) is 17.3 Å². The van der Waals surface area contributed by atoms with Crippen LogP contribution in [0.3, 0.4) is 0 Å². The van der Waals surface area contributed by atoms with Crippen molar-refractivity contribution in [3.05, 3.63) is 114 Å². The fraction of sp³-hybridized carbons (Fsp3) is 0.0769. The standard InChI is InChI=1S/C26H21N3/c1-3-9-20(10-4-1)15-17-23-19-25(22-12-5-2-6-13-22)29(28-23)26-18-16-21-11-7-8-14-24(21)27-26/h1-18,25H,19H2. The number of rotatable bonds is 4. The molecule has 4 aromatic rings. The van der Waals surface area contributed by atoms with Crippen molar-refractivity contribution in [1.29, 1.82) is 0 Å². The van der Waals surface area contributed by atoms with Crippen LogP contribution < -0.4 is 5.01 Å². The van der Waals surface area contributed by atoms with Gasteiger partial charge in [-0.1, -0.05) is 84.9 Å². The number of hydrogen-bond acceptors (Lipinski definition) is 3. The normalized spacial score (nSPS) is 16.5. The summed E-state index contributed by atoms with van der Waals surface area (Å²) in [6.45, 7) is 0. The zero-order valence-electron chi connectivity index (χ0n) is 16.0. The second-order valence-corrected chi connectivity index (χ2v) is 7.17. The quantitative estimate of drug-likeness (QED) is 0.421. The summed E-state index contributed by atoms with van der Waals surface area (Å²) in [4.78, 5) is 4.88. The average Bonchev–Trinajstić information content (AvgIpc) is 3.23. The number of aromatic nitrogens is 1. The summed E-state index contributed by atoms with van der Waals surface area (Å²) in [5.74, 6) is 0.876. The first-order valence-corrected chi connectivity index (χ1v) is 9.87.